The Kier molecular flexibility index (Phi) is 6.11. The third-order valence-electron chi connectivity index (χ3n) is 6.42. The number of hydrogen-bond donors (Lipinski definition) is 0. The molecule has 10 heteroatoms. The number of fused-ring (bicyclic) bond motifs is 1. The minimum absolute atomic E-state index is 0.0385. The van der Waals surface area contributed by atoms with E-state index in [0.29, 0.717) is 44.1 Å². The second kappa shape index (κ2) is 8.66. The fourth-order valence-electron chi connectivity index (χ4n) is 4.39. The molecule has 3 atom stereocenters. The van der Waals surface area contributed by atoms with Crippen molar-refractivity contribution in [1.82, 2.24) is 14.7 Å². The van der Waals surface area contributed by atoms with Gasteiger partial charge in [0.25, 0.3) is 5.91 Å². The number of para-hydroxylation sites is 2. The average Bonchev–Trinajstić information content (AvgIpc) is 3.16. The molecule has 0 radical (unpaired) electrons. The summed E-state index contributed by atoms with van der Waals surface area (Å²) < 4.78 is 34.9. The number of rotatable bonds is 4. The highest BCUT2D eigenvalue weighted by Crippen LogP contribution is 2.31. The minimum atomic E-state index is -3.04. The molecule has 1 aromatic rings. The van der Waals surface area contributed by atoms with Crippen molar-refractivity contribution >= 4 is 21.7 Å². The van der Waals surface area contributed by atoms with E-state index >= 15 is 0 Å². The lowest BCUT2D eigenvalue weighted by Gasteiger charge is -2.40. The van der Waals surface area contributed by atoms with E-state index in [1.165, 1.54) is 0 Å². The Labute approximate surface area is 182 Å². The van der Waals surface area contributed by atoms with Crippen LogP contribution in [0.15, 0.2) is 24.3 Å². The first-order valence-corrected chi connectivity index (χ1v) is 12.5. The Morgan fingerprint density at radius 3 is 2.45 bits per heavy atom. The lowest BCUT2D eigenvalue weighted by Crippen LogP contribution is -2.58. The average molecular weight is 452 g/mol. The Hall–Kier alpha value is -2.33. The van der Waals surface area contributed by atoms with Crippen LogP contribution in [0.4, 0.5) is 0 Å². The summed E-state index contributed by atoms with van der Waals surface area (Å²) in [6, 6.07) is 6.66. The van der Waals surface area contributed by atoms with Gasteiger partial charge in [-0.1, -0.05) is 12.1 Å². The molecule has 0 spiro atoms. The third kappa shape index (κ3) is 4.64. The van der Waals surface area contributed by atoms with E-state index in [4.69, 9.17) is 9.47 Å². The fourth-order valence-corrected chi connectivity index (χ4v) is 6.16. The summed E-state index contributed by atoms with van der Waals surface area (Å²) in [7, 11) is -1.36. The van der Waals surface area contributed by atoms with E-state index in [9.17, 15) is 18.0 Å². The second-order valence-electron chi connectivity index (χ2n) is 8.41. The molecule has 0 saturated carbocycles. The first-order valence-electron chi connectivity index (χ1n) is 10.6. The van der Waals surface area contributed by atoms with E-state index in [1.54, 1.807) is 22.9 Å². The first-order chi connectivity index (χ1) is 14.7. The lowest BCUT2D eigenvalue weighted by atomic mass is 10.1. The van der Waals surface area contributed by atoms with Crippen molar-refractivity contribution in [2.75, 3.05) is 51.3 Å². The number of benzene rings is 1. The molecular formula is C21H29N3O6S. The Morgan fingerprint density at radius 1 is 1.13 bits per heavy atom. The predicted octanol–water partition coefficient (Wildman–Crippen LogP) is 0.00460. The van der Waals surface area contributed by atoms with E-state index in [-0.39, 0.29) is 42.0 Å². The first kappa shape index (κ1) is 21.9. The Bertz CT molecular complexity index is 944. The van der Waals surface area contributed by atoms with Gasteiger partial charge in [0, 0.05) is 39.3 Å². The normalized spacial score (nSPS) is 26.3. The van der Waals surface area contributed by atoms with Gasteiger partial charge in [-0.2, -0.15) is 0 Å². The molecule has 0 bridgehead atoms. The number of nitrogens with zero attached hydrogens (tertiary/aromatic N) is 3. The van der Waals surface area contributed by atoms with Crippen molar-refractivity contribution in [3.05, 3.63) is 24.3 Å². The highest BCUT2D eigenvalue weighted by Gasteiger charge is 2.37. The molecule has 0 unspecified atom stereocenters. The van der Waals surface area contributed by atoms with Gasteiger partial charge in [0.1, 0.15) is 6.61 Å². The molecular weight excluding hydrogens is 422 g/mol. The fraction of sp³-hybridized carbons (Fsp3) is 0.619. The van der Waals surface area contributed by atoms with Crippen LogP contribution in [0.5, 0.6) is 11.5 Å². The molecule has 2 fully saturated rings. The zero-order valence-corrected chi connectivity index (χ0v) is 18.7. The lowest BCUT2D eigenvalue weighted by molar-refractivity contribution is -0.144. The maximum absolute atomic E-state index is 12.9. The molecule has 4 rings (SSSR count). The number of ether oxygens (including phenoxy) is 2. The summed E-state index contributed by atoms with van der Waals surface area (Å²) in [5.41, 5.74) is 0. The summed E-state index contributed by atoms with van der Waals surface area (Å²) >= 11 is 0. The quantitative estimate of drug-likeness (QED) is 0.636. The molecule has 3 aliphatic heterocycles. The molecule has 1 aromatic carbocycles. The number of carbonyl (C=O) groups is 2. The summed E-state index contributed by atoms with van der Waals surface area (Å²) in [6.45, 7) is 4.16. The number of hydrogen-bond acceptors (Lipinski definition) is 7. The van der Waals surface area contributed by atoms with Crippen molar-refractivity contribution in [3.63, 3.8) is 0 Å². The minimum Gasteiger partial charge on any atom is -0.485 e. The summed E-state index contributed by atoms with van der Waals surface area (Å²) in [6.07, 6.45) is -0.178. The van der Waals surface area contributed by atoms with E-state index in [1.807, 2.05) is 30.0 Å². The van der Waals surface area contributed by atoms with Crippen molar-refractivity contribution in [2.45, 2.75) is 31.5 Å². The van der Waals surface area contributed by atoms with Crippen molar-refractivity contribution < 1.29 is 27.5 Å². The summed E-state index contributed by atoms with van der Waals surface area (Å²) in [4.78, 5) is 31.2. The van der Waals surface area contributed by atoms with Gasteiger partial charge in [-0.3, -0.25) is 14.5 Å². The number of carbonyl (C=O) groups excluding carboxylic acids is 2. The van der Waals surface area contributed by atoms with Crippen molar-refractivity contribution in [1.29, 1.82) is 0 Å². The standard InChI is InChI=1S/C21H29N3O6S/c1-15(20(25)22(2)16-7-12-31(27,28)14-16)23-8-10-24(11-9-23)21(26)19-13-29-17-5-3-4-6-18(17)30-19/h3-6,15-16,19H,7-14H2,1-2H3/t15-,16+,19-/m1/s1. The predicted molar refractivity (Wildman–Crippen MR) is 114 cm³/mol. The van der Waals surface area contributed by atoms with Crippen LogP contribution in [-0.4, -0.2) is 104 Å². The van der Waals surface area contributed by atoms with E-state index in [2.05, 4.69) is 0 Å². The molecule has 170 valence electrons. The molecule has 9 nitrogen and oxygen atoms in total. The molecule has 0 N–H and O–H groups in total. The van der Waals surface area contributed by atoms with Gasteiger partial charge in [-0.15, -0.1) is 0 Å². The molecule has 0 aliphatic carbocycles. The number of likely N-dealkylation sites (N-methyl/N-ethyl adjacent to an activating group) is 1. The van der Waals surface area contributed by atoms with Gasteiger partial charge in [-0.25, -0.2) is 8.42 Å². The number of amides is 2. The summed E-state index contributed by atoms with van der Waals surface area (Å²) in [5.74, 6) is 1.20. The van der Waals surface area contributed by atoms with Crippen LogP contribution < -0.4 is 9.47 Å². The smallest absolute Gasteiger partial charge is 0.267 e. The summed E-state index contributed by atoms with van der Waals surface area (Å²) in [5, 5.41) is 0. The van der Waals surface area contributed by atoms with Crippen LogP contribution >= 0.6 is 0 Å². The van der Waals surface area contributed by atoms with Crippen LogP contribution in [-0.2, 0) is 19.4 Å². The van der Waals surface area contributed by atoms with Gasteiger partial charge in [0.2, 0.25) is 12.0 Å². The molecule has 2 saturated heterocycles. The topological polar surface area (TPSA) is 96.5 Å². The van der Waals surface area contributed by atoms with Crippen molar-refractivity contribution in [2.24, 2.45) is 0 Å². The largest absolute Gasteiger partial charge is 0.485 e. The highest BCUT2D eigenvalue weighted by atomic mass is 32.2. The van der Waals surface area contributed by atoms with Crippen LogP contribution in [0.25, 0.3) is 0 Å². The second-order valence-corrected chi connectivity index (χ2v) is 10.6. The van der Waals surface area contributed by atoms with Crippen LogP contribution in [0.2, 0.25) is 0 Å². The zero-order chi connectivity index (χ0) is 22.2. The monoisotopic (exact) mass is 451 g/mol. The van der Waals surface area contributed by atoms with E-state index in [0.717, 1.165) is 0 Å². The molecule has 0 aromatic heterocycles. The van der Waals surface area contributed by atoms with Crippen molar-refractivity contribution in [3.8, 4) is 11.5 Å². The van der Waals surface area contributed by atoms with Gasteiger partial charge in [0.05, 0.1) is 17.5 Å². The maximum Gasteiger partial charge on any atom is 0.267 e. The maximum atomic E-state index is 12.9. The van der Waals surface area contributed by atoms with Crippen LogP contribution in [0, 0.1) is 0 Å². The third-order valence-corrected chi connectivity index (χ3v) is 8.17. The Balaban J connectivity index is 1.29. The number of piperazine rings is 1. The van der Waals surface area contributed by atoms with Crippen LogP contribution in [0.3, 0.4) is 0 Å². The van der Waals surface area contributed by atoms with E-state index < -0.39 is 15.9 Å². The number of sulfone groups is 1. The van der Waals surface area contributed by atoms with Gasteiger partial charge >= 0.3 is 0 Å². The van der Waals surface area contributed by atoms with Gasteiger partial charge in [0.15, 0.2) is 21.3 Å². The molecule has 3 heterocycles. The highest BCUT2D eigenvalue weighted by molar-refractivity contribution is 7.91. The SMILES string of the molecule is C[C@H](C(=O)N(C)[C@H]1CCS(=O)(=O)C1)N1CCN(C(=O)[C@H]2COc3ccccc3O2)CC1. The van der Waals surface area contributed by atoms with Gasteiger partial charge in [-0.05, 0) is 25.5 Å². The molecule has 2 amide bonds. The van der Waals surface area contributed by atoms with Gasteiger partial charge < -0.3 is 19.3 Å². The zero-order valence-electron chi connectivity index (χ0n) is 17.9. The molecule has 3 aliphatic rings. The Morgan fingerprint density at radius 2 is 1.81 bits per heavy atom. The molecule has 31 heavy (non-hydrogen) atoms. The van der Waals surface area contributed by atoms with Crippen LogP contribution in [0.1, 0.15) is 13.3 Å².